The van der Waals surface area contributed by atoms with Gasteiger partial charge in [0.25, 0.3) is 0 Å². The van der Waals surface area contributed by atoms with Crippen molar-refractivity contribution in [2.45, 2.75) is 47.0 Å². The maximum atomic E-state index is 5.95. The van der Waals surface area contributed by atoms with Gasteiger partial charge < -0.3 is 11.5 Å². The Balaban J connectivity index is 4.69. The Hall–Kier alpha value is -1.18. The zero-order chi connectivity index (χ0) is 11.8. The van der Waals surface area contributed by atoms with Crippen LogP contribution in [0, 0.1) is 0 Å². The maximum absolute atomic E-state index is 5.95. The minimum atomic E-state index is 0.759. The molecule has 0 aliphatic carbocycles. The fraction of sp³-hybridized carbons (Fsp3) is 0.538. The third kappa shape index (κ3) is 6.00. The topological polar surface area (TPSA) is 52.0 Å². The van der Waals surface area contributed by atoms with Crippen LogP contribution in [0.25, 0.3) is 0 Å². The SMILES string of the molecule is CC/C(C)=C/C/C(CC)=C(N)\C=C(/C)N. The quantitative estimate of drug-likeness (QED) is 0.538. The first-order valence-electron chi connectivity index (χ1n) is 5.58. The molecule has 0 aromatic heterocycles. The molecule has 0 rings (SSSR count). The van der Waals surface area contributed by atoms with E-state index in [-0.39, 0.29) is 0 Å². The van der Waals surface area contributed by atoms with Crippen LogP contribution in [-0.2, 0) is 0 Å². The zero-order valence-electron chi connectivity index (χ0n) is 10.4. The van der Waals surface area contributed by atoms with Crippen LogP contribution in [0.4, 0.5) is 0 Å². The minimum absolute atomic E-state index is 0.759. The lowest BCUT2D eigenvalue weighted by Gasteiger charge is -2.06. The minimum Gasteiger partial charge on any atom is -0.402 e. The van der Waals surface area contributed by atoms with E-state index in [1.165, 1.54) is 11.1 Å². The monoisotopic (exact) mass is 208 g/mol. The Morgan fingerprint density at radius 1 is 1.07 bits per heavy atom. The summed E-state index contributed by atoms with van der Waals surface area (Å²) in [7, 11) is 0. The van der Waals surface area contributed by atoms with Crippen molar-refractivity contribution in [3.63, 3.8) is 0 Å². The summed E-state index contributed by atoms with van der Waals surface area (Å²) in [6.45, 7) is 8.28. The molecule has 15 heavy (non-hydrogen) atoms. The molecule has 0 spiro atoms. The predicted molar refractivity (Wildman–Crippen MR) is 68.1 cm³/mol. The first-order chi connectivity index (χ1) is 7.01. The number of allylic oxidation sites excluding steroid dienone is 5. The number of hydrogen-bond acceptors (Lipinski definition) is 2. The van der Waals surface area contributed by atoms with Crippen molar-refractivity contribution >= 4 is 0 Å². The third-order valence-electron chi connectivity index (χ3n) is 2.47. The highest BCUT2D eigenvalue weighted by Crippen LogP contribution is 2.14. The highest BCUT2D eigenvalue weighted by atomic mass is 14.6. The Bertz CT molecular complexity index is 279. The van der Waals surface area contributed by atoms with Gasteiger partial charge in [-0.05, 0) is 44.8 Å². The van der Waals surface area contributed by atoms with Gasteiger partial charge in [0.2, 0.25) is 0 Å². The number of rotatable bonds is 5. The van der Waals surface area contributed by atoms with Gasteiger partial charge >= 0.3 is 0 Å². The Kier molecular flexibility index (Phi) is 6.59. The lowest BCUT2D eigenvalue weighted by molar-refractivity contribution is 0.975. The molecule has 86 valence electrons. The molecule has 0 aromatic rings. The molecule has 0 bridgehead atoms. The lowest BCUT2D eigenvalue weighted by atomic mass is 10.0. The summed E-state index contributed by atoms with van der Waals surface area (Å²) in [5.74, 6) is 0. The molecule has 0 amide bonds. The van der Waals surface area contributed by atoms with Crippen molar-refractivity contribution < 1.29 is 0 Å². The zero-order valence-corrected chi connectivity index (χ0v) is 10.4. The van der Waals surface area contributed by atoms with E-state index in [2.05, 4.69) is 26.8 Å². The van der Waals surface area contributed by atoms with Crippen LogP contribution < -0.4 is 11.5 Å². The van der Waals surface area contributed by atoms with Crippen LogP contribution in [0.1, 0.15) is 47.0 Å². The van der Waals surface area contributed by atoms with Crippen molar-refractivity contribution in [3.05, 3.63) is 34.7 Å². The first kappa shape index (κ1) is 13.8. The van der Waals surface area contributed by atoms with Crippen LogP contribution in [0.15, 0.2) is 34.7 Å². The molecule has 2 nitrogen and oxygen atoms in total. The van der Waals surface area contributed by atoms with Crippen molar-refractivity contribution in [2.75, 3.05) is 0 Å². The lowest BCUT2D eigenvalue weighted by Crippen LogP contribution is -2.02. The third-order valence-corrected chi connectivity index (χ3v) is 2.47. The van der Waals surface area contributed by atoms with Gasteiger partial charge in [0, 0.05) is 11.4 Å². The van der Waals surface area contributed by atoms with E-state index in [1.54, 1.807) is 0 Å². The molecule has 0 saturated heterocycles. The molecule has 0 aromatic carbocycles. The average Bonchev–Trinajstić information content (AvgIpc) is 2.17. The maximum Gasteiger partial charge on any atom is 0.0326 e. The second-order valence-corrected chi connectivity index (χ2v) is 3.91. The van der Waals surface area contributed by atoms with E-state index >= 15 is 0 Å². The van der Waals surface area contributed by atoms with Gasteiger partial charge in [0.1, 0.15) is 0 Å². The molecular weight excluding hydrogens is 184 g/mol. The first-order valence-corrected chi connectivity index (χ1v) is 5.58. The molecule has 0 aliphatic rings. The highest BCUT2D eigenvalue weighted by molar-refractivity contribution is 5.26. The van der Waals surface area contributed by atoms with Gasteiger partial charge in [-0.25, -0.2) is 0 Å². The molecule has 0 heterocycles. The second-order valence-electron chi connectivity index (χ2n) is 3.91. The van der Waals surface area contributed by atoms with Gasteiger partial charge in [-0.3, -0.25) is 0 Å². The van der Waals surface area contributed by atoms with Crippen molar-refractivity contribution in [1.29, 1.82) is 0 Å². The molecule has 0 unspecified atom stereocenters. The molecule has 0 fully saturated rings. The fourth-order valence-corrected chi connectivity index (χ4v) is 1.26. The van der Waals surface area contributed by atoms with Crippen LogP contribution in [0.5, 0.6) is 0 Å². The smallest absolute Gasteiger partial charge is 0.0326 e. The fourth-order valence-electron chi connectivity index (χ4n) is 1.26. The Morgan fingerprint density at radius 3 is 2.07 bits per heavy atom. The predicted octanol–water partition coefficient (Wildman–Crippen LogP) is 3.22. The molecular formula is C13H24N2. The summed E-state index contributed by atoms with van der Waals surface area (Å²) in [5, 5.41) is 0. The van der Waals surface area contributed by atoms with Crippen LogP contribution in [0.3, 0.4) is 0 Å². The molecule has 0 aliphatic heterocycles. The standard InChI is InChI=1S/C13H24N2/c1-5-10(3)7-8-12(6-2)13(15)9-11(4)14/h7,9H,5-6,8,14-15H2,1-4H3/b10-7+,11-9+,13-12+. The largest absolute Gasteiger partial charge is 0.402 e. The number of nitrogens with two attached hydrogens (primary N) is 2. The van der Waals surface area contributed by atoms with Gasteiger partial charge in [-0.1, -0.05) is 25.5 Å². The average molecular weight is 208 g/mol. The second kappa shape index (κ2) is 7.16. The van der Waals surface area contributed by atoms with Crippen molar-refractivity contribution in [2.24, 2.45) is 11.5 Å². The summed E-state index contributed by atoms with van der Waals surface area (Å²) >= 11 is 0. The van der Waals surface area contributed by atoms with Gasteiger partial charge in [0.15, 0.2) is 0 Å². The molecule has 4 N–H and O–H groups in total. The van der Waals surface area contributed by atoms with Gasteiger partial charge in [0.05, 0.1) is 0 Å². The number of hydrogen-bond donors (Lipinski definition) is 2. The summed E-state index contributed by atoms with van der Waals surface area (Å²) in [6, 6.07) is 0. The van der Waals surface area contributed by atoms with Crippen LogP contribution >= 0.6 is 0 Å². The van der Waals surface area contributed by atoms with E-state index < -0.39 is 0 Å². The Morgan fingerprint density at radius 2 is 1.67 bits per heavy atom. The van der Waals surface area contributed by atoms with E-state index in [1.807, 2.05) is 13.0 Å². The summed E-state index contributed by atoms with van der Waals surface area (Å²) in [5.41, 5.74) is 15.8. The molecule has 2 heteroatoms. The highest BCUT2D eigenvalue weighted by Gasteiger charge is 1.98. The van der Waals surface area contributed by atoms with E-state index in [0.29, 0.717) is 0 Å². The Labute approximate surface area is 93.7 Å². The van der Waals surface area contributed by atoms with Crippen molar-refractivity contribution in [1.82, 2.24) is 0 Å². The summed E-state index contributed by atoms with van der Waals surface area (Å²) in [6.07, 6.45) is 7.09. The van der Waals surface area contributed by atoms with Gasteiger partial charge in [-0.15, -0.1) is 0 Å². The van der Waals surface area contributed by atoms with E-state index in [4.69, 9.17) is 11.5 Å². The van der Waals surface area contributed by atoms with Crippen LogP contribution in [0.2, 0.25) is 0 Å². The van der Waals surface area contributed by atoms with Crippen LogP contribution in [-0.4, -0.2) is 0 Å². The summed E-state index contributed by atoms with van der Waals surface area (Å²) in [4.78, 5) is 0. The van der Waals surface area contributed by atoms with Crippen molar-refractivity contribution in [3.8, 4) is 0 Å². The van der Waals surface area contributed by atoms with E-state index in [9.17, 15) is 0 Å². The molecule has 0 saturated carbocycles. The van der Waals surface area contributed by atoms with Gasteiger partial charge in [-0.2, -0.15) is 0 Å². The normalized spacial score (nSPS) is 15.2. The molecule has 0 atom stereocenters. The summed E-state index contributed by atoms with van der Waals surface area (Å²) < 4.78 is 0. The van der Waals surface area contributed by atoms with E-state index in [0.717, 1.165) is 30.7 Å². The molecule has 0 radical (unpaired) electrons.